The summed E-state index contributed by atoms with van der Waals surface area (Å²) in [6, 6.07) is 10.6. The van der Waals surface area contributed by atoms with Crippen LogP contribution in [0.2, 0.25) is 0 Å². The number of methoxy groups -OCH3 is 1. The van der Waals surface area contributed by atoms with Crippen LogP contribution < -0.4 is 21.6 Å². The molecule has 0 unspecified atom stereocenters. The minimum atomic E-state index is -0.619. The maximum Gasteiger partial charge on any atom is 0.289 e. The molecule has 0 spiro atoms. The highest BCUT2D eigenvalue weighted by molar-refractivity contribution is 5.82. The van der Waals surface area contributed by atoms with Gasteiger partial charge in [-0.1, -0.05) is 12.1 Å². The molecule has 0 atom stereocenters. The molecule has 0 saturated carbocycles. The number of benzene rings is 1. The first kappa shape index (κ1) is 15.1. The number of fused-ring (bicyclic) bond motifs is 1. The minimum absolute atomic E-state index is 0.0836. The first-order valence-electron chi connectivity index (χ1n) is 6.74. The lowest BCUT2D eigenvalue weighted by atomic mass is 9.97. The second-order valence-corrected chi connectivity index (χ2v) is 4.76. The average Bonchev–Trinajstić information content (AvgIpc) is 3.06. The van der Waals surface area contributed by atoms with Crippen LogP contribution in [0.1, 0.15) is 11.1 Å². The lowest BCUT2D eigenvalue weighted by Gasteiger charge is -2.08. The lowest BCUT2D eigenvalue weighted by molar-refractivity contribution is 0.415. The molecular formula is C15H11N7O2. The van der Waals surface area contributed by atoms with Gasteiger partial charge < -0.3 is 4.74 Å². The molecule has 0 amide bonds. The number of aromatic amines is 1. The van der Waals surface area contributed by atoms with E-state index in [0.717, 1.165) is 4.52 Å². The van der Waals surface area contributed by atoms with Crippen LogP contribution >= 0.6 is 0 Å². The summed E-state index contributed by atoms with van der Waals surface area (Å²) in [6.45, 7) is 0. The molecule has 0 fully saturated rings. The molecule has 0 bridgehead atoms. The molecule has 0 aliphatic carbocycles. The summed E-state index contributed by atoms with van der Waals surface area (Å²) in [5, 5.41) is 21.6. The van der Waals surface area contributed by atoms with Crippen molar-refractivity contribution in [3.63, 3.8) is 0 Å². The number of aromatic nitrogens is 3. The molecule has 4 N–H and O–H groups in total. The number of ether oxygens (including phenoxy) is 1. The molecule has 0 aliphatic rings. The second kappa shape index (κ2) is 5.76. The van der Waals surface area contributed by atoms with E-state index in [0.29, 0.717) is 11.3 Å². The van der Waals surface area contributed by atoms with Gasteiger partial charge in [0, 0.05) is 5.56 Å². The number of hydrazine groups is 1. The molecule has 0 radical (unpaired) electrons. The number of nitrogen functional groups attached to an aromatic ring is 1. The standard InChI is InChI=1S/C15H11N7O2/c1-24-9-4-2-8(3-5-9)12-10(6-16)13-19-15(20-18)21-22(13)14(23)11(12)7-17/h2-5H,18H2,1H3,(H2,19,20,21). The minimum Gasteiger partial charge on any atom is -0.497 e. The van der Waals surface area contributed by atoms with E-state index in [4.69, 9.17) is 10.6 Å². The Morgan fingerprint density at radius 1 is 1.25 bits per heavy atom. The molecule has 0 aliphatic heterocycles. The van der Waals surface area contributed by atoms with Crippen molar-refractivity contribution in [2.45, 2.75) is 0 Å². The van der Waals surface area contributed by atoms with E-state index >= 15 is 0 Å². The Labute approximate surface area is 135 Å². The Balaban J connectivity index is 2.43. The van der Waals surface area contributed by atoms with Crippen molar-refractivity contribution in [3.8, 4) is 29.0 Å². The molecule has 2 aromatic heterocycles. The normalized spacial score (nSPS) is 10.2. The van der Waals surface area contributed by atoms with E-state index in [1.165, 1.54) is 7.11 Å². The molecule has 24 heavy (non-hydrogen) atoms. The predicted molar refractivity (Wildman–Crippen MR) is 85.0 cm³/mol. The number of nitrogens with two attached hydrogens (primary N) is 1. The summed E-state index contributed by atoms with van der Waals surface area (Å²) in [5.74, 6) is 6.00. The van der Waals surface area contributed by atoms with E-state index in [9.17, 15) is 15.3 Å². The number of H-pyrrole nitrogens is 1. The van der Waals surface area contributed by atoms with Crippen molar-refractivity contribution in [2.24, 2.45) is 5.84 Å². The lowest BCUT2D eigenvalue weighted by Crippen LogP contribution is -2.20. The van der Waals surface area contributed by atoms with Crippen LogP contribution in [0.15, 0.2) is 29.1 Å². The van der Waals surface area contributed by atoms with Crippen molar-refractivity contribution < 1.29 is 4.74 Å². The van der Waals surface area contributed by atoms with Gasteiger partial charge in [0.25, 0.3) is 5.56 Å². The molecule has 9 nitrogen and oxygen atoms in total. The van der Waals surface area contributed by atoms with E-state index in [2.05, 4.69) is 15.5 Å². The van der Waals surface area contributed by atoms with Gasteiger partial charge in [-0.3, -0.25) is 15.3 Å². The highest BCUT2D eigenvalue weighted by atomic mass is 16.5. The van der Waals surface area contributed by atoms with Gasteiger partial charge in [-0.2, -0.15) is 20.0 Å². The molecule has 0 saturated heterocycles. The fraction of sp³-hybridized carbons (Fsp3) is 0.0667. The number of nitrogens with one attached hydrogen (secondary N) is 2. The SMILES string of the molecule is COc1ccc(-c2c(C#N)c(=O)n3[nH]c(NN)nc3c2C#N)cc1. The van der Waals surface area contributed by atoms with Crippen molar-refractivity contribution in [3.05, 3.63) is 45.7 Å². The quantitative estimate of drug-likeness (QED) is 0.476. The first-order valence-corrected chi connectivity index (χ1v) is 6.74. The van der Waals surface area contributed by atoms with Gasteiger partial charge in [0.1, 0.15) is 29.0 Å². The first-order chi connectivity index (χ1) is 11.6. The number of nitrogens with zero attached hydrogens (tertiary/aromatic N) is 4. The topological polar surface area (TPSA) is 145 Å². The van der Waals surface area contributed by atoms with Crippen LogP contribution in [-0.4, -0.2) is 21.7 Å². The van der Waals surface area contributed by atoms with Crippen LogP contribution in [0.5, 0.6) is 5.75 Å². The third-order valence-electron chi connectivity index (χ3n) is 3.53. The number of hydrogen-bond acceptors (Lipinski definition) is 7. The summed E-state index contributed by atoms with van der Waals surface area (Å²) in [4.78, 5) is 16.6. The van der Waals surface area contributed by atoms with Crippen LogP contribution in [-0.2, 0) is 0 Å². The smallest absolute Gasteiger partial charge is 0.289 e. The monoisotopic (exact) mass is 321 g/mol. The van der Waals surface area contributed by atoms with Crippen LogP contribution in [0, 0.1) is 22.7 Å². The van der Waals surface area contributed by atoms with Crippen LogP contribution in [0.4, 0.5) is 5.95 Å². The molecule has 3 aromatic rings. The number of pyridine rings is 1. The Bertz CT molecular complexity index is 1060. The average molecular weight is 321 g/mol. The zero-order chi connectivity index (χ0) is 17.3. The van der Waals surface area contributed by atoms with Gasteiger partial charge in [0.05, 0.1) is 7.11 Å². The molecule has 2 heterocycles. The Kier molecular flexibility index (Phi) is 3.62. The highest BCUT2D eigenvalue weighted by Gasteiger charge is 2.22. The summed E-state index contributed by atoms with van der Waals surface area (Å²) < 4.78 is 6.11. The van der Waals surface area contributed by atoms with Gasteiger partial charge in [0.2, 0.25) is 5.95 Å². The fourth-order valence-corrected chi connectivity index (χ4v) is 2.43. The van der Waals surface area contributed by atoms with E-state index in [-0.39, 0.29) is 28.3 Å². The van der Waals surface area contributed by atoms with Crippen molar-refractivity contribution in [1.82, 2.24) is 14.6 Å². The summed E-state index contributed by atoms with van der Waals surface area (Å²) in [6.07, 6.45) is 0. The Morgan fingerprint density at radius 2 is 1.92 bits per heavy atom. The number of rotatable bonds is 3. The van der Waals surface area contributed by atoms with E-state index < -0.39 is 5.56 Å². The fourth-order valence-electron chi connectivity index (χ4n) is 2.43. The zero-order valence-electron chi connectivity index (χ0n) is 12.5. The third-order valence-corrected chi connectivity index (χ3v) is 3.53. The third kappa shape index (κ3) is 2.13. The van der Waals surface area contributed by atoms with Crippen LogP contribution in [0.3, 0.4) is 0 Å². The molecule has 9 heteroatoms. The van der Waals surface area contributed by atoms with Gasteiger partial charge >= 0.3 is 0 Å². The highest BCUT2D eigenvalue weighted by Crippen LogP contribution is 2.29. The van der Waals surface area contributed by atoms with Crippen molar-refractivity contribution in [2.75, 3.05) is 12.5 Å². The zero-order valence-corrected chi connectivity index (χ0v) is 12.5. The largest absolute Gasteiger partial charge is 0.497 e. The van der Waals surface area contributed by atoms with E-state index in [1.54, 1.807) is 24.3 Å². The summed E-state index contributed by atoms with van der Waals surface area (Å²) in [5.41, 5.74) is 2.42. The number of nitriles is 2. The number of hydrogen-bond donors (Lipinski definition) is 3. The Morgan fingerprint density at radius 3 is 2.46 bits per heavy atom. The maximum atomic E-state index is 12.5. The van der Waals surface area contributed by atoms with Crippen LogP contribution in [0.25, 0.3) is 16.8 Å². The van der Waals surface area contributed by atoms with E-state index in [1.807, 2.05) is 12.1 Å². The van der Waals surface area contributed by atoms with Gasteiger partial charge in [-0.25, -0.2) is 5.84 Å². The molecular weight excluding hydrogens is 310 g/mol. The van der Waals surface area contributed by atoms with Crippen molar-refractivity contribution in [1.29, 1.82) is 10.5 Å². The Hall–Kier alpha value is -3.82. The van der Waals surface area contributed by atoms with Gasteiger partial charge in [-0.05, 0) is 17.7 Å². The molecule has 118 valence electrons. The van der Waals surface area contributed by atoms with Gasteiger partial charge in [0.15, 0.2) is 5.65 Å². The maximum absolute atomic E-state index is 12.5. The summed E-state index contributed by atoms with van der Waals surface area (Å²) >= 11 is 0. The van der Waals surface area contributed by atoms with Crippen molar-refractivity contribution >= 4 is 11.6 Å². The van der Waals surface area contributed by atoms with Gasteiger partial charge in [-0.15, -0.1) is 0 Å². The molecule has 3 rings (SSSR count). The second-order valence-electron chi connectivity index (χ2n) is 4.76. The number of anilines is 1. The molecule has 1 aromatic carbocycles. The predicted octanol–water partition coefficient (Wildman–Crippen LogP) is 0.727. The summed E-state index contributed by atoms with van der Waals surface area (Å²) in [7, 11) is 1.53.